The summed E-state index contributed by atoms with van der Waals surface area (Å²) in [5, 5.41) is 9.59. The lowest BCUT2D eigenvalue weighted by Crippen LogP contribution is -2.42. The summed E-state index contributed by atoms with van der Waals surface area (Å²) in [5.41, 5.74) is 2.19. The van der Waals surface area contributed by atoms with Crippen LogP contribution >= 0.6 is 0 Å². The predicted octanol–water partition coefficient (Wildman–Crippen LogP) is 4.53. The van der Waals surface area contributed by atoms with E-state index in [-0.39, 0.29) is 28.2 Å². The number of carbonyl (C=O) groups is 2. The molecule has 1 atom stereocenters. The molecule has 0 spiro atoms. The van der Waals surface area contributed by atoms with E-state index in [4.69, 9.17) is 0 Å². The monoisotopic (exact) mass is 522 g/mol. The van der Waals surface area contributed by atoms with Gasteiger partial charge >= 0.3 is 0 Å². The summed E-state index contributed by atoms with van der Waals surface area (Å²) >= 11 is 0. The molecule has 10 heteroatoms. The second-order valence-corrected chi connectivity index (χ2v) is 8.91. The molecule has 2 aromatic heterocycles. The van der Waals surface area contributed by atoms with E-state index in [1.54, 1.807) is 55.6 Å². The molecule has 2 amide bonds. The fraction of sp³-hybridized carbons (Fsp3) is 0.0690. The molecule has 6 rings (SSSR count). The molecule has 8 nitrogen and oxygen atoms in total. The first-order valence-electron chi connectivity index (χ1n) is 12.1. The zero-order valence-electron chi connectivity index (χ0n) is 20.5. The second-order valence-electron chi connectivity index (χ2n) is 8.91. The van der Waals surface area contributed by atoms with Crippen molar-refractivity contribution in [1.29, 1.82) is 0 Å². The number of nitrogens with zero attached hydrogens (tertiary/aromatic N) is 4. The van der Waals surface area contributed by atoms with Gasteiger partial charge in [0.15, 0.2) is 5.65 Å². The first-order chi connectivity index (χ1) is 18.9. The Labute approximate surface area is 221 Å². The highest BCUT2D eigenvalue weighted by molar-refractivity contribution is 6.20. The van der Waals surface area contributed by atoms with Crippen LogP contribution in [0, 0.1) is 18.6 Å². The molecular formula is C29H20F2N6O2. The van der Waals surface area contributed by atoms with Crippen molar-refractivity contribution in [3.05, 3.63) is 119 Å². The van der Waals surface area contributed by atoms with Crippen molar-refractivity contribution in [1.82, 2.24) is 19.9 Å². The first-order valence-corrected chi connectivity index (χ1v) is 12.1. The Morgan fingerprint density at radius 2 is 1.64 bits per heavy atom. The van der Waals surface area contributed by atoms with Gasteiger partial charge in [0.2, 0.25) is 6.17 Å². The van der Waals surface area contributed by atoms with Crippen LogP contribution in [-0.4, -0.2) is 38.3 Å². The lowest BCUT2D eigenvalue weighted by atomic mass is 10.0. The van der Waals surface area contributed by atoms with Crippen LogP contribution in [0.4, 0.5) is 14.5 Å². The summed E-state index contributed by atoms with van der Waals surface area (Å²) in [7, 11) is 0. The van der Waals surface area contributed by atoms with E-state index in [1.165, 1.54) is 34.8 Å². The molecule has 0 aliphatic carbocycles. The molecule has 5 aromatic rings. The minimum atomic E-state index is -1.44. The normalized spacial score (nSPS) is 14.8. The number of anilines is 1. The second kappa shape index (κ2) is 9.56. The van der Waals surface area contributed by atoms with Crippen molar-refractivity contribution in [2.24, 2.45) is 4.99 Å². The smallest absolute Gasteiger partial charge is 0.269 e. The standard InChI is InChI=1S/C29H20F2N6O2/c1-16-14-15-37-27(32-16)22(25(36-37)18-10-5-6-12-20(18)30)28(38)35-26-29(39)34-24-19(11-7-13-21(24)31)23(33-26)17-8-3-2-4-9-17/h2-15,26H,1H3,(H,34,39)(H,35,38)/t26-/m1/s1. The number of benzene rings is 3. The summed E-state index contributed by atoms with van der Waals surface area (Å²) < 4.78 is 31.0. The van der Waals surface area contributed by atoms with Crippen molar-refractivity contribution in [3.63, 3.8) is 0 Å². The number of hydrogen-bond donors (Lipinski definition) is 2. The maximum absolute atomic E-state index is 14.8. The van der Waals surface area contributed by atoms with E-state index >= 15 is 0 Å². The van der Waals surface area contributed by atoms with Crippen LogP contribution in [0.25, 0.3) is 16.9 Å². The van der Waals surface area contributed by atoms with Gasteiger partial charge in [0.1, 0.15) is 22.9 Å². The Morgan fingerprint density at radius 1 is 0.923 bits per heavy atom. The number of hydrogen-bond acceptors (Lipinski definition) is 5. The molecule has 1 aliphatic rings. The maximum atomic E-state index is 14.8. The van der Waals surface area contributed by atoms with Crippen molar-refractivity contribution in [2.75, 3.05) is 5.32 Å². The van der Waals surface area contributed by atoms with Crippen LogP contribution in [-0.2, 0) is 4.79 Å². The van der Waals surface area contributed by atoms with Crippen LogP contribution in [0.15, 0.2) is 90.1 Å². The van der Waals surface area contributed by atoms with Gasteiger partial charge < -0.3 is 10.6 Å². The molecular weight excluding hydrogens is 502 g/mol. The average Bonchev–Trinajstić information content (AvgIpc) is 3.24. The average molecular weight is 523 g/mol. The molecule has 0 unspecified atom stereocenters. The van der Waals surface area contributed by atoms with Gasteiger partial charge in [0.25, 0.3) is 11.8 Å². The summed E-state index contributed by atoms with van der Waals surface area (Å²) in [6.07, 6.45) is 0.176. The van der Waals surface area contributed by atoms with E-state index in [0.29, 0.717) is 22.5 Å². The highest BCUT2D eigenvalue weighted by Crippen LogP contribution is 2.29. The first kappa shape index (κ1) is 24.1. The number of para-hydroxylation sites is 1. The number of aryl methyl sites for hydroxylation is 1. The molecule has 192 valence electrons. The highest BCUT2D eigenvalue weighted by atomic mass is 19.1. The van der Waals surface area contributed by atoms with Crippen LogP contribution in [0.2, 0.25) is 0 Å². The zero-order valence-corrected chi connectivity index (χ0v) is 20.5. The zero-order chi connectivity index (χ0) is 27.1. The summed E-state index contributed by atoms with van der Waals surface area (Å²) in [6.45, 7) is 1.75. The summed E-state index contributed by atoms with van der Waals surface area (Å²) in [5.74, 6) is -2.70. The van der Waals surface area contributed by atoms with Crippen LogP contribution in [0.3, 0.4) is 0 Å². The van der Waals surface area contributed by atoms with Gasteiger partial charge in [-0.2, -0.15) is 5.10 Å². The Balaban J connectivity index is 1.47. The van der Waals surface area contributed by atoms with Crippen molar-refractivity contribution in [3.8, 4) is 11.3 Å². The Bertz CT molecular complexity index is 1800. The quantitative estimate of drug-likeness (QED) is 0.362. The number of nitrogens with one attached hydrogen (secondary N) is 2. The minimum Gasteiger partial charge on any atom is -0.322 e. The van der Waals surface area contributed by atoms with E-state index in [9.17, 15) is 18.4 Å². The topological polar surface area (TPSA) is 101 Å². The number of aromatic nitrogens is 3. The van der Waals surface area contributed by atoms with Gasteiger partial charge in [-0.1, -0.05) is 54.6 Å². The van der Waals surface area contributed by atoms with Crippen LogP contribution in [0.1, 0.15) is 27.2 Å². The largest absolute Gasteiger partial charge is 0.322 e. The summed E-state index contributed by atoms with van der Waals surface area (Å²) in [6, 6.07) is 21.0. The molecule has 0 bridgehead atoms. The molecule has 3 heterocycles. The Morgan fingerprint density at radius 3 is 2.44 bits per heavy atom. The fourth-order valence-electron chi connectivity index (χ4n) is 4.49. The van der Waals surface area contributed by atoms with Crippen molar-refractivity contribution in [2.45, 2.75) is 13.1 Å². The fourth-order valence-corrected chi connectivity index (χ4v) is 4.49. The Kier molecular flexibility index (Phi) is 5.91. The van der Waals surface area contributed by atoms with Gasteiger partial charge in [-0.3, -0.25) is 9.59 Å². The van der Waals surface area contributed by atoms with Crippen molar-refractivity contribution >= 4 is 28.9 Å². The highest BCUT2D eigenvalue weighted by Gasteiger charge is 2.31. The lowest BCUT2D eigenvalue weighted by molar-refractivity contribution is -0.117. The number of rotatable bonds is 4. The van der Waals surface area contributed by atoms with Crippen LogP contribution in [0.5, 0.6) is 0 Å². The summed E-state index contributed by atoms with van der Waals surface area (Å²) in [4.78, 5) is 36.0. The van der Waals surface area contributed by atoms with Gasteiger partial charge in [0.05, 0.1) is 11.4 Å². The van der Waals surface area contributed by atoms with E-state index < -0.39 is 29.6 Å². The molecule has 3 aromatic carbocycles. The van der Waals surface area contributed by atoms with Gasteiger partial charge in [-0.15, -0.1) is 0 Å². The molecule has 2 N–H and O–H groups in total. The third-order valence-electron chi connectivity index (χ3n) is 6.32. The molecule has 0 fully saturated rings. The number of fused-ring (bicyclic) bond motifs is 2. The number of amides is 2. The number of benzodiazepines with no additional fused rings is 1. The third-order valence-corrected chi connectivity index (χ3v) is 6.32. The molecule has 39 heavy (non-hydrogen) atoms. The van der Waals surface area contributed by atoms with E-state index in [0.717, 1.165) is 0 Å². The number of carbonyl (C=O) groups excluding carboxylic acids is 2. The molecule has 0 radical (unpaired) electrons. The predicted molar refractivity (Wildman–Crippen MR) is 141 cm³/mol. The molecule has 0 saturated heterocycles. The van der Waals surface area contributed by atoms with Crippen LogP contribution < -0.4 is 10.6 Å². The van der Waals surface area contributed by atoms with E-state index in [1.807, 2.05) is 6.07 Å². The van der Waals surface area contributed by atoms with Gasteiger partial charge in [-0.25, -0.2) is 23.3 Å². The lowest BCUT2D eigenvalue weighted by Gasteiger charge is -2.14. The maximum Gasteiger partial charge on any atom is 0.269 e. The van der Waals surface area contributed by atoms with Gasteiger partial charge in [0, 0.05) is 28.6 Å². The Hall–Kier alpha value is -5.25. The van der Waals surface area contributed by atoms with Crippen molar-refractivity contribution < 1.29 is 18.4 Å². The minimum absolute atomic E-state index is 0.0268. The number of halogens is 2. The SMILES string of the molecule is Cc1ccn2nc(-c3ccccc3F)c(C(=O)N[C@H]3N=C(c4ccccc4)c4cccc(F)c4NC3=O)c2n1. The molecule has 1 aliphatic heterocycles. The third kappa shape index (κ3) is 4.31. The number of aliphatic imine (C=N–C) groups is 1. The van der Waals surface area contributed by atoms with Gasteiger partial charge in [-0.05, 0) is 31.2 Å². The van der Waals surface area contributed by atoms with E-state index in [2.05, 4.69) is 25.7 Å². The molecule has 0 saturated carbocycles.